The molecule has 2 heteroatoms. The molecule has 1 aromatic heterocycles. The number of fused-ring (bicyclic) bond motifs is 1. The number of nitrogens with one attached hydrogen (secondary N) is 1. The van der Waals surface area contributed by atoms with Gasteiger partial charge in [0.2, 0.25) is 0 Å². The van der Waals surface area contributed by atoms with Crippen LogP contribution in [0.2, 0.25) is 0 Å². The highest BCUT2D eigenvalue weighted by Gasteiger charge is 1.97. The van der Waals surface area contributed by atoms with E-state index in [1.54, 1.807) is 0 Å². The van der Waals surface area contributed by atoms with Crippen molar-refractivity contribution in [3.8, 4) is 0 Å². The van der Waals surface area contributed by atoms with Gasteiger partial charge in [0.1, 0.15) is 0 Å². The molecule has 1 heterocycles. The van der Waals surface area contributed by atoms with Crippen LogP contribution in [0.1, 0.15) is 19.8 Å². The maximum Gasteiger partial charge on any atom is 0.0692 e. The Hall–Kier alpha value is -1.44. The van der Waals surface area contributed by atoms with E-state index in [0.29, 0.717) is 0 Å². The summed E-state index contributed by atoms with van der Waals surface area (Å²) in [4.78, 5) is 0. The van der Waals surface area contributed by atoms with E-state index < -0.39 is 0 Å². The first kappa shape index (κ1) is 9.13. The van der Waals surface area contributed by atoms with Crippen LogP contribution in [0.5, 0.6) is 0 Å². The molecule has 2 aromatic rings. The highest BCUT2D eigenvalue weighted by atomic mass is 15.4. The predicted molar refractivity (Wildman–Crippen MR) is 61.1 cm³/mol. The molecular weight excluding hydrogens is 172 g/mol. The molecule has 0 radical (unpaired) electrons. The van der Waals surface area contributed by atoms with Gasteiger partial charge in [-0.2, -0.15) is 0 Å². The van der Waals surface area contributed by atoms with Crippen molar-refractivity contribution < 1.29 is 0 Å². The minimum atomic E-state index is 1.04. The first-order valence-corrected chi connectivity index (χ1v) is 5.22. The molecule has 1 N–H and O–H groups in total. The van der Waals surface area contributed by atoms with Crippen LogP contribution in [-0.4, -0.2) is 11.2 Å². The predicted octanol–water partition coefficient (Wildman–Crippen LogP) is 2.98. The van der Waals surface area contributed by atoms with Crippen molar-refractivity contribution in [2.75, 3.05) is 12.0 Å². The van der Waals surface area contributed by atoms with Gasteiger partial charge >= 0.3 is 0 Å². The minimum Gasteiger partial charge on any atom is -0.326 e. The number of nitrogens with zero attached hydrogens (tertiary/aromatic N) is 1. The summed E-state index contributed by atoms with van der Waals surface area (Å²) < 4.78 is 2.10. The third kappa shape index (κ3) is 1.74. The molecule has 0 amide bonds. The second-order valence-electron chi connectivity index (χ2n) is 3.51. The molecule has 0 atom stereocenters. The van der Waals surface area contributed by atoms with Crippen LogP contribution in [0.4, 0.5) is 0 Å². The van der Waals surface area contributed by atoms with Crippen LogP contribution < -0.4 is 5.43 Å². The summed E-state index contributed by atoms with van der Waals surface area (Å²) in [6.07, 6.45) is 4.53. The lowest BCUT2D eigenvalue weighted by molar-refractivity contribution is 0.765. The molecule has 2 rings (SSSR count). The average molecular weight is 188 g/mol. The van der Waals surface area contributed by atoms with Crippen molar-refractivity contribution in [1.82, 2.24) is 4.68 Å². The Morgan fingerprint density at radius 2 is 2.07 bits per heavy atom. The van der Waals surface area contributed by atoms with Gasteiger partial charge in [0.25, 0.3) is 0 Å². The van der Waals surface area contributed by atoms with E-state index in [2.05, 4.69) is 53.6 Å². The van der Waals surface area contributed by atoms with Gasteiger partial charge < -0.3 is 5.43 Å². The molecule has 0 fully saturated rings. The molecule has 14 heavy (non-hydrogen) atoms. The Bertz CT molecular complexity index is 403. The third-order valence-corrected chi connectivity index (χ3v) is 2.41. The minimum absolute atomic E-state index is 1.04. The number of rotatable bonds is 4. The standard InChI is InChI=1S/C12H16N2/c1-2-3-9-13-14-10-8-11-6-4-5-7-12(11)14/h4-8,10,13H,2-3,9H2,1H3. The zero-order chi connectivity index (χ0) is 9.80. The monoisotopic (exact) mass is 188 g/mol. The smallest absolute Gasteiger partial charge is 0.0692 e. The quantitative estimate of drug-likeness (QED) is 0.730. The van der Waals surface area contributed by atoms with Crippen LogP contribution in [0.15, 0.2) is 36.5 Å². The Morgan fingerprint density at radius 3 is 2.93 bits per heavy atom. The van der Waals surface area contributed by atoms with Gasteiger partial charge in [-0.25, -0.2) is 0 Å². The fourth-order valence-electron chi connectivity index (χ4n) is 1.60. The maximum atomic E-state index is 3.39. The highest BCUT2D eigenvalue weighted by Crippen LogP contribution is 2.13. The molecule has 0 unspecified atom stereocenters. The van der Waals surface area contributed by atoms with Gasteiger partial charge in [-0.15, -0.1) is 0 Å². The second kappa shape index (κ2) is 4.18. The summed E-state index contributed by atoms with van der Waals surface area (Å²) in [5.74, 6) is 0. The van der Waals surface area contributed by atoms with Crippen molar-refractivity contribution in [2.24, 2.45) is 0 Å². The van der Waals surface area contributed by atoms with Crippen LogP contribution in [0.25, 0.3) is 10.9 Å². The second-order valence-corrected chi connectivity index (χ2v) is 3.51. The summed E-state index contributed by atoms with van der Waals surface area (Å²) >= 11 is 0. The molecule has 0 spiro atoms. The van der Waals surface area contributed by atoms with Gasteiger partial charge in [0.05, 0.1) is 5.52 Å². The van der Waals surface area contributed by atoms with Crippen molar-refractivity contribution in [1.29, 1.82) is 0 Å². The van der Waals surface area contributed by atoms with Crippen molar-refractivity contribution in [3.05, 3.63) is 36.5 Å². The summed E-state index contributed by atoms with van der Waals surface area (Å²) in [6, 6.07) is 10.5. The van der Waals surface area contributed by atoms with E-state index in [1.807, 2.05) is 0 Å². The average Bonchev–Trinajstić information content (AvgIpc) is 2.63. The van der Waals surface area contributed by atoms with E-state index in [4.69, 9.17) is 0 Å². The van der Waals surface area contributed by atoms with E-state index in [0.717, 1.165) is 6.54 Å². The molecule has 2 nitrogen and oxygen atoms in total. The van der Waals surface area contributed by atoms with E-state index in [1.165, 1.54) is 23.7 Å². The normalized spacial score (nSPS) is 10.6. The Kier molecular flexibility index (Phi) is 2.73. The topological polar surface area (TPSA) is 17.0 Å². The first-order chi connectivity index (χ1) is 6.92. The number of benzene rings is 1. The lowest BCUT2D eigenvalue weighted by Crippen LogP contribution is -2.14. The van der Waals surface area contributed by atoms with Crippen molar-refractivity contribution in [3.63, 3.8) is 0 Å². The Morgan fingerprint density at radius 1 is 1.21 bits per heavy atom. The van der Waals surface area contributed by atoms with E-state index in [9.17, 15) is 0 Å². The zero-order valence-corrected chi connectivity index (χ0v) is 8.53. The summed E-state index contributed by atoms with van der Waals surface area (Å²) in [5.41, 5.74) is 4.64. The molecule has 0 saturated heterocycles. The van der Waals surface area contributed by atoms with Crippen molar-refractivity contribution in [2.45, 2.75) is 19.8 Å². The number of unbranched alkanes of at least 4 members (excludes halogenated alkanes) is 1. The largest absolute Gasteiger partial charge is 0.326 e. The molecule has 74 valence electrons. The molecule has 0 aliphatic carbocycles. The molecule has 0 saturated carbocycles. The zero-order valence-electron chi connectivity index (χ0n) is 8.53. The first-order valence-electron chi connectivity index (χ1n) is 5.22. The third-order valence-electron chi connectivity index (χ3n) is 2.41. The Labute approximate surface area is 84.5 Å². The van der Waals surface area contributed by atoms with Crippen molar-refractivity contribution >= 4 is 10.9 Å². The highest BCUT2D eigenvalue weighted by molar-refractivity contribution is 5.80. The van der Waals surface area contributed by atoms with Gasteiger partial charge in [-0.3, -0.25) is 4.68 Å². The molecule has 0 aliphatic rings. The van der Waals surface area contributed by atoms with Crippen LogP contribution >= 0.6 is 0 Å². The van der Waals surface area contributed by atoms with E-state index >= 15 is 0 Å². The van der Waals surface area contributed by atoms with Gasteiger partial charge in [0.15, 0.2) is 0 Å². The summed E-state index contributed by atoms with van der Waals surface area (Å²) in [7, 11) is 0. The lowest BCUT2D eigenvalue weighted by atomic mass is 10.3. The fraction of sp³-hybridized carbons (Fsp3) is 0.333. The number of hydrogen-bond donors (Lipinski definition) is 1. The molecule has 0 bridgehead atoms. The van der Waals surface area contributed by atoms with Crippen LogP contribution in [0.3, 0.4) is 0 Å². The van der Waals surface area contributed by atoms with Gasteiger partial charge in [-0.05, 0) is 18.6 Å². The maximum absolute atomic E-state index is 3.39. The SMILES string of the molecule is CCCCNn1ccc2ccccc21. The van der Waals surface area contributed by atoms with E-state index in [-0.39, 0.29) is 0 Å². The Balaban J connectivity index is 2.17. The number of aromatic nitrogens is 1. The summed E-state index contributed by atoms with van der Waals surface area (Å²) in [5, 5.41) is 1.29. The number of hydrogen-bond acceptors (Lipinski definition) is 1. The fourth-order valence-corrected chi connectivity index (χ4v) is 1.60. The molecule has 0 aliphatic heterocycles. The van der Waals surface area contributed by atoms with Crippen LogP contribution in [-0.2, 0) is 0 Å². The molecule has 1 aromatic carbocycles. The molecular formula is C12H16N2. The lowest BCUT2D eigenvalue weighted by Gasteiger charge is -2.07. The van der Waals surface area contributed by atoms with Crippen LogP contribution in [0, 0.1) is 0 Å². The van der Waals surface area contributed by atoms with Gasteiger partial charge in [-0.1, -0.05) is 31.5 Å². The number of para-hydroxylation sites is 1. The van der Waals surface area contributed by atoms with Gasteiger partial charge in [0, 0.05) is 18.1 Å². The summed E-state index contributed by atoms with van der Waals surface area (Å²) in [6.45, 7) is 3.24.